The van der Waals surface area contributed by atoms with E-state index in [-0.39, 0.29) is 40.6 Å². The summed E-state index contributed by atoms with van der Waals surface area (Å²) in [4.78, 5) is 14.8. The second-order valence-electron chi connectivity index (χ2n) is 6.37. The SMILES string of the molecule is O=c1oc(-c2cccs2)nn1CN1CCN(S(=O)(=O)c2cccc(Cl)c2Cl)CC1. The zero-order valence-electron chi connectivity index (χ0n) is 15.0. The molecule has 3 aromatic rings. The number of hydrogen-bond acceptors (Lipinski definition) is 7. The van der Waals surface area contributed by atoms with Crippen LogP contribution < -0.4 is 5.76 Å². The third kappa shape index (κ3) is 4.14. The van der Waals surface area contributed by atoms with E-state index in [4.69, 9.17) is 27.6 Å². The summed E-state index contributed by atoms with van der Waals surface area (Å²) in [6.45, 7) is 1.61. The van der Waals surface area contributed by atoms with Gasteiger partial charge in [0.1, 0.15) is 11.6 Å². The molecule has 0 atom stereocenters. The van der Waals surface area contributed by atoms with Crippen LogP contribution in [0.2, 0.25) is 10.0 Å². The monoisotopic (exact) mass is 474 g/mol. The molecule has 3 heterocycles. The molecule has 0 radical (unpaired) electrons. The van der Waals surface area contributed by atoms with Crippen molar-refractivity contribution in [1.29, 1.82) is 0 Å². The molecule has 1 aliphatic heterocycles. The van der Waals surface area contributed by atoms with Crippen LogP contribution in [0.1, 0.15) is 0 Å². The highest BCUT2D eigenvalue weighted by Crippen LogP contribution is 2.31. The molecule has 29 heavy (non-hydrogen) atoms. The molecule has 0 saturated carbocycles. The topological polar surface area (TPSA) is 88.7 Å². The van der Waals surface area contributed by atoms with Gasteiger partial charge >= 0.3 is 5.76 Å². The highest BCUT2D eigenvalue weighted by molar-refractivity contribution is 7.89. The van der Waals surface area contributed by atoms with Gasteiger partial charge in [-0.2, -0.15) is 8.99 Å². The summed E-state index contributed by atoms with van der Waals surface area (Å²) in [6.07, 6.45) is 0. The first-order chi connectivity index (χ1) is 13.9. The minimum Gasteiger partial charge on any atom is -0.387 e. The van der Waals surface area contributed by atoms with Crippen molar-refractivity contribution in [2.24, 2.45) is 0 Å². The van der Waals surface area contributed by atoms with Crippen LogP contribution in [0.25, 0.3) is 10.8 Å². The van der Waals surface area contributed by atoms with Crippen LogP contribution in [0.15, 0.2) is 49.8 Å². The van der Waals surface area contributed by atoms with E-state index < -0.39 is 15.8 Å². The summed E-state index contributed by atoms with van der Waals surface area (Å²) >= 11 is 13.5. The molecule has 8 nitrogen and oxygen atoms in total. The molecule has 0 bridgehead atoms. The lowest BCUT2D eigenvalue weighted by Gasteiger charge is -2.33. The molecule has 0 spiro atoms. The lowest BCUT2D eigenvalue weighted by atomic mass is 10.4. The first-order valence-corrected chi connectivity index (χ1v) is 11.7. The van der Waals surface area contributed by atoms with E-state index in [2.05, 4.69) is 5.10 Å². The Morgan fingerprint density at radius 3 is 2.55 bits per heavy atom. The molecule has 1 fully saturated rings. The number of halogens is 2. The second kappa shape index (κ2) is 8.21. The van der Waals surface area contributed by atoms with Crippen LogP contribution in [0.3, 0.4) is 0 Å². The summed E-state index contributed by atoms with van der Waals surface area (Å²) in [6, 6.07) is 8.22. The minimum atomic E-state index is -3.76. The largest absolute Gasteiger partial charge is 0.438 e. The molecule has 12 heteroatoms. The van der Waals surface area contributed by atoms with Crippen molar-refractivity contribution in [3.05, 3.63) is 56.3 Å². The Kier molecular flexibility index (Phi) is 5.83. The van der Waals surface area contributed by atoms with E-state index in [1.165, 1.54) is 26.4 Å². The van der Waals surface area contributed by atoms with E-state index >= 15 is 0 Å². The van der Waals surface area contributed by atoms with Gasteiger partial charge in [0.15, 0.2) is 0 Å². The lowest BCUT2D eigenvalue weighted by Crippen LogP contribution is -2.49. The number of aromatic nitrogens is 2. The molecule has 2 aromatic heterocycles. The number of piperazine rings is 1. The summed E-state index contributed by atoms with van der Waals surface area (Å²) in [5.74, 6) is -0.268. The number of benzene rings is 1. The fraction of sp³-hybridized carbons (Fsp3) is 0.294. The molecule has 0 amide bonds. The predicted octanol–water partition coefficient (Wildman–Crippen LogP) is 2.84. The van der Waals surface area contributed by atoms with Crippen molar-refractivity contribution in [1.82, 2.24) is 19.0 Å². The van der Waals surface area contributed by atoms with Crippen LogP contribution >= 0.6 is 34.5 Å². The first kappa shape index (κ1) is 20.6. The van der Waals surface area contributed by atoms with Gasteiger partial charge in [-0.1, -0.05) is 35.3 Å². The van der Waals surface area contributed by atoms with Crippen molar-refractivity contribution < 1.29 is 12.8 Å². The molecular weight excluding hydrogens is 459 g/mol. The van der Waals surface area contributed by atoms with E-state index in [0.29, 0.717) is 13.1 Å². The maximum atomic E-state index is 12.9. The van der Waals surface area contributed by atoms with E-state index in [0.717, 1.165) is 4.88 Å². The number of rotatable bonds is 5. The normalized spacial score (nSPS) is 16.3. The van der Waals surface area contributed by atoms with Gasteiger partial charge in [-0.15, -0.1) is 16.4 Å². The van der Waals surface area contributed by atoms with Gasteiger partial charge in [0, 0.05) is 26.2 Å². The minimum absolute atomic E-state index is 0.00609. The third-order valence-corrected chi connectivity index (χ3v) is 8.27. The van der Waals surface area contributed by atoms with Crippen LogP contribution in [0, 0.1) is 0 Å². The Bertz CT molecular complexity index is 1170. The van der Waals surface area contributed by atoms with Gasteiger partial charge in [0.2, 0.25) is 10.0 Å². The Hall–Kier alpha value is -1.69. The Balaban J connectivity index is 1.44. The van der Waals surface area contributed by atoms with Crippen molar-refractivity contribution in [2.75, 3.05) is 26.2 Å². The Morgan fingerprint density at radius 2 is 1.86 bits per heavy atom. The Labute approximate surface area is 180 Å². The standard InChI is InChI=1S/C17H16Cl2N4O4S2/c18-12-3-1-5-14(15(12)19)29(25,26)22-8-6-21(7-9-22)11-23-17(24)27-16(20-23)13-4-2-10-28-13/h1-5,10H,6-9,11H2. The van der Waals surface area contributed by atoms with E-state index in [1.807, 2.05) is 22.4 Å². The summed E-state index contributed by atoms with van der Waals surface area (Å²) in [7, 11) is -3.76. The van der Waals surface area contributed by atoms with Gasteiger partial charge in [-0.25, -0.2) is 13.2 Å². The Morgan fingerprint density at radius 1 is 1.10 bits per heavy atom. The molecule has 0 N–H and O–H groups in total. The van der Waals surface area contributed by atoms with E-state index in [1.54, 1.807) is 12.1 Å². The molecule has 0 unspecified atom stereocenters. The van der Waals surface area contributed by atoms with Crippen molar-refractivity contribution in [3.63, 3.8) is 0 Å². The van der Waals surface area contributed by atoms with Crippen LogP contribution in [0.4, 0.5) is 0 Å². The van der Waals surface area contributed by atoms with Crippen molar-refractivity contribution in [2.45, 2.75) is 11.6 Å². The van der Waals surface area contributed by atoms with Crippen LogP contribution in [-0.4, -0.2) is 53.6 Å². The second-order valence-corrected chi connectivity index (χ2v) is 10.0. The van der Waals surface area contributed by atoms with Gasteiger partial charge in [0.05, 0.1) is 14.9 Å². The number of sulfonamides is 1. The number of thiophene rings is 1. The average molecular weight is 475 g/mol. The molecule has 4 rings (SSSR count). The zero-order valence-corrected chi connectivity index (χ0v) is 18.1. The fourth-order valence-corrected chi connectivity index (χ4v) is 5.82. The zero-order chi connectivity index (χ0) is 20.6. The first-order valence-electron chi connectivity index (χ1n) is 8.64. The molecule has 1 aliphatic rings. The highest BCUT2D eigenvalue weighted by atomic mass is 35.5. The molecule has 0 aliphatic carbocycles. The van der Waals surface area contributed by atoms with Gasteiger partial charge in [-0.3, -0.25) is 4.90 Å². The number of nitrogens with zero attached hydrogens (tertiary/aromatic N) is 4. The summed E-state index contributed by atoms with van der Waals surface area (Å²) in [5.41, 5.74) is 0. The predicted molar refractivity (Wildman–Crippen MR) is 111 cm³/mol. The third-order valence-electron chi connectivity index (χ3n) is 4.54. The van der Waals surface area contributed by atoms with Crippen LogP contribution in [0.5, 0.6) is 0 Å². The molecule has 1 saturated heterocycles. The van der Waals surface area contributed by atoms with Gasteiger partial charge in [0.25, 0.3) is 5.89 Å². The lowest BCUT2D eigenvalue weighted by molar-refractivity contribution is 0.142. The van der Waals surface area contributed by atoms with E-state index in [9.17, 15) is 13.2 Å². The number of hydrogen-bond donors (Lipinski definition) is 0. The maximum absolute atomic E-state index is 12.9. The van der Waals surface area contributed by atoms with Crippen molar-refractivity contribution in [3.8, 4) is 10.8 Å². The molecule has 1 aromatic carbocycles. The summed E-state index contributed by atoms with van der Waals surface area (Å²) < 4.78 is 33.6. The quantitative estimate of drug-likeness (QED) is 0.564. The van der Waals surface area contributed by atoms with Gasteiger partial charge in [-0.05, 0) is 23.6 Å². The molecule has 154 valence electrons. The maximum Gasteiger partial charge on any atom is 0.438 e. The highest BCUT2D eigenvalue weighted by Gasteiger charge is 2.31. The average Bonchev–Trinajstić information content (AvgIpc) is 3.35. The summed E-state index contributed by atoms with van der Waals surface area (Å²) in [5, 5.41) is 6.31. The van der Waals surface area contributed by atoms with Gasteiger partial charge < -0.3 is 4.42 Å². The smallest absolute Gasteiger partial charge is 0.387 e. The van der Waals surface area contributed by atoms with Crippen molar-refractivity contribution >= 4 is 44.6 Å². The van der Waals surface area contributed by atoms with Crippen LogP contribution in [-0.2, 0) is 16.7 Å². The molecular formula is C17H16Cl2N4O4S2. The fourth-order valence-electron chi connectivity index (χ4n) is 3.02.